The molecule has 0 spiro atoms. The van der Waals surface area contributed by atoms with Gasteiger partial charge in [0.15, 0.2) is 0 Å². The summed E-state index contributed by atoms with van der Waals surface area (Å²) in [5.74, 6) is 0.562. The van der Waals surface area contributed by atoms with Crippen LogP contribution in [0.15, 0.2) is 54.6 Å². The normalized spacial score (nSPS) is 19.5. The lowest BCUT2D eigenvalue weighted by molar-refractivity contribution is 0.201. The number of hydrogen-bond acceptors (Lipinski definition) is 2. The Labute approximate surface area is 182 Å². The van der Waals surface area contributed by atoms with E-state index in [0.29, 0.717) is 12.0 Å². The zero-order valence-electron chi connectivity index (χ0n) is 18.9. The largest absolute Gasteiger partial charge is 0.297 e. The molecule has 0 heterocycles. The summed E-state index contributed by atoms with van der Waals surface area (Å²) in [5.41, 5.74) is 4.21. The molecule has 1 aliphatic carbocycles. The molecule has 2 aromatic carbocycles. The molecule has 162 valence electrons. The van der Waals surface area contributed by atoms with Crippen molar-refractivity contribution < 1.29 is 4.39 Å². The summed E-state index contributed by atoms with van der Waals surface area (Å²) in [6, 6.07) is 22.2. The number of rotatable bonds is 8. The van der Waals surface area contributed by atoms with E-state index in [4.69, 9.17) is 5.26 Å². The highest BCUT2D eigenvalue weighted by atomic mass is 19.1. The first-order valence-electron chi connectivity index (χ1n) is 11.4. The van der Waals surface area contributed by atoms with Crippen LogP contribution in [0.5, 0.6) is 0 Å². The van der Waals surface area contributed by atoms with Crippen LogP contribution < -0.4 is 0 Å². The molecule has 30 heavy (non-hydrogen) atoms. The number of nitrogens with zero attached hydrogens (tertiary/aromatic N) is 2. The molecule has 1 atom stereocenters. The van der Waals surface area contributed by atoms with Gasteiger partial charge in [-0.2, -0.15) is 5.26 Å². The van der Waals surface area contributed by atoms with Crippen molar-refractivity contribution in [3.05, 3.63) is 71.3 Å². The minimum absolute atomic E-state index is 0.562. The third kappa shape index (κ3) is 7.92. The van der Waals surface area contributed by atoms with E-state index in [2.05, 4.69) is 73.3 Å². The fraction of sp³-hybridized carbons (Fsp3) is 0.519. The van der Waals surface area contributed by atoms with E-state index >= 15 is 0 Å². The van der Waals surface area contributed by atoms with Crippen LogP contribution in [0.3, 0.4) is 0 Å². The quantitative estimate of drug-likeness (QED) is 0.468. The number of halogens is 1. The first-order valence-corrected chi connectivity index (χ1v) is 11.4. The van der Waals surface area contributed by atoms with Crippen LogP contribution in [0.4, 0.5) is 4.39 Å². The maximum absolute atomic E-state index is 13.3. The Hall–Kier alpha value is -2.18. The summed E-state index contributed by atoms with van der Waals surface area (Å²) in [6.07, 6.45) is 5.19. The molecule has 0 N–H and O–H groups in total. The fourth-order valence-corrected chi connectivity index (χ4v) is 4.30. The van der Waals surface area contributed by atoms with Gasteiger partial charge in [-0.1, -0.05) is 61.5 Å². The zero-order chi connectivity index (χ0) is 21.8. The van der Waals surface area contributed by atoms with Gasteiger partial charge in [0.1, 0.15) is 6.17 Å². The molecule has 0 bridgehead atoms. The fourth-order valence-electron chi connectivity index (χ4n) is 4.30. The second-order valence-corrected chi connectivity index (χ2v) is 8.35. The van der Waals surface area contributed by atoms with Gasteiger partial charge < -0.3 is 0 Å². The van der Waals surface area contributed by atoms with Crippen LogP contribution in [0.25, 0.3) is 0 Å². The molecular formula is C27H37FN2. The number of nitriles is 1. The molecule has 1 fully saturated rings. The minimum Gasteiger partial charge on any atom is -0.297 e. The monoisotopic (exact) mass is 408 g/mol. The Balaban J connectivity index is 0.00000101. The van der Waals surface area contributed by atoms with Crippen molar-refractivity contribution in [1.82, 2.24) is 4.90 Å². The minimum atomic E-state index is -0.570. The maximum atomic E-state index is 13.3. The Bertz CT molecular complexity index is 743. The summed E-state index contributed by atoms with van der Waals surface area (Å²) in [6.45, 7) is 8.12. The Morgan fingerprint density at radius 2 is 1.60 bits per heavy atom. The second kappa shape index (κ2) is 13.2. The first kappa shape index (κ1) is 24.1. The van der Waals surface area contributed by atoms with E-state index < -0.39 is 6.17 Å². The summed E-state index contributed by atoms with van der Waals surface area (Å²) in [5, 5.41) is 7.32. The second-order valence-electron chi connectivity index (χ2n) is 8.35. The number of aryl methyl sites for hydroxylation is 1. The topological polar surface area (TPSA) is 27.0 Å². The first-order chi connectivity index (χ1) is 14.6. The van der Waals surface area contributed by atoms with Crippen LogP contribution in [0.2, 0.25) is 0 Å². The van der Waals surface area contributed by atoms with Crippen LogP contribution in [-0.2, 0) is 13.0 Å². The summed E-state index contributed by atoms with van der Waals surface area (Å²) in [7, 11) is 0. The highest BCUT2D eigenvalue weighted by Gasteiger charge is 2.21. The molecule has 0 aliphatic heterocycles. The van der Waals surface area contributed by atoms with Gasteiger partial charge in [0.2, 0.25) is 0 Å². The molecule has 0 radical (unpaired) electrons. The molecule has 1 saturated carbocycles. The van der Waals surface area contributed by atoms with Crippen molar-refractivity contribution in [3.63, 3.8) is 0 Å². The van der Waals surface area contributed by atoms with Gasteiger partial charge in [-0.05, 0) is 74.6 Å². The van der Waals surface area contributed by atoms with E-state index in [1.165, 1.54) is 30.0 Å². The molecule has 0 saturated heterocycles. The van der Waals surface area contributed by atoms with E-state index in [9.17, 15) is 4.39 Å². The highest BCUT2D eigenvalue weighted by molar-refractivity contribution is 5.26. The van der Waals surface area contributed by atoms with E-state index in [-0.39, 0.29) is 0 Å². The van der Waals surface area contributed by atoms with Crippen LogP contribution in [-0.4, -0.2) is 23.7 Å². The number of alkyl halides is 1. The van der Waals surface area contributed by atoms with Gasteiger partial charge in [0, 0.05) is 19.5 Å². The number of benzene rings is 2. The van der Waals surface area contributed by atoms with Gasteiger partial charge in [0.25, 0.3) is 0 Å². The van der Waals surface area contributed by atoms with Crippen LogP contribution in [0.1, 0.15) is 75.5 Å². The molecule has 0 aromatic heterocycles. The van der Waals surface area contributed by atoms with Gasteiger partial charge >= 0.3 is 0 Å². The van der Waals surface area contributed by atoms with Crippen LogP contribution in [0, 0.1) is 11.3 Å². The zero-order valence-corrected chi connectivity index (χ0v) is 18.9. The SMILES string of the molecule is CC#N.CCN(Cc1ccccc1)C(C)CCc1ccc(C2CCC(F)CC2)cc1. The molecular weight excluding hydrogens is 371 g/mol. The average molecular weight is 409 g/mol. The Kier molecular flexibility index (Phi) is 10.6. The predicted octanol–water partition coefficient (Wildman–Crippen LogP) is 7.06. The van der Waals surface area contributed by atoms with Gasteiger partial charge in [-0.25, -0.2) is 4.39 Å². The summed E-state index contributed by atoms with van der Waals surface area (Å²) < 4.78 is 13.3. The number of hydrogen-bond donors (Lipinski definition) is 0. The third-order valence-corrected chi connectivity index (χ3v) is 6.22. The molecule has 3 rings (SSSR count). The van der Waals surface area contributed by atoms with E-state index in [0.717, 1.165) is 45.2 Å². The Morgan fingerprint density at radius 1 is 1.00 bits per heavy atom. The molecule has 1 unspecified atom stereocenters. The smallest absolute Gasteiger partial charge is 0.100 e. The van der Waals surface area contributed by atoms with Crippen molar-refractivity contribution in [2.45, 2.75) is 84.0 Å². The molecule has 1 aliphatic rings. The lowest BCUT2D eigenvalue weighted by Crippen LogP contribution is -2.32. The van der Waals surface area contributed by atoms with E-state index in [1.807, 2.05) is 0 Å². The van der Waals surface area contributed by atoms with Crippen molar-refractivity contribution in [1.29, 1.82) is 5.26 Å². The lowest BCUT2D eigenvalue weighted by Gasteiger charge is -2.28. The molecule has 3 heteroatoms. The third-order valence-electron chi connectivity index (χ3n) is 6.22. The summed E-state index contributed by atoms with van der Waals surface area (Å²) in [4.78, 5) is 2.55. The predicted molar refractivity (Wildman–Crippen MR) is 124 cm³/mol. The maximum Gasteiger partial charge on any atom is 0.100 e. The molecule has 2 nitrogen and oxygen atoms in total. The van der Waals surface area contributed by atoms with Gasteiger partial charge in [-0.3, -0.25) is 4.90 Å². The van der Waals surface area contributed by atoms with Crippen molar-refractivity contribution in [2.75, 3.05) is 6.54 Å². The van der Waals surface area contributed by atoms with Crippen molar-refractivity contribution in [3.8, 4) is 6.07 Å². The van der Waals surface area contributed by atoms with Crippen molar-refractivity contribution in [2.24, 2.45) is 0 Å². The van der Waals surface area contributed by atoms with E-state index in [1.54, 1.807) is 6.07 Å². The van der Waals surface area contributed by atoms with Gasteiger partial charge in [-0.15, -0.1) is 0 Å². The van der Waals surface area contributed by atoms with Gasteiger partial charge in [0.05, 0.1) is 6.07 Å². The van der Waals surface area contributed by atoms with Crippen molar-refractivity contribution >= 4 is 0 Å². The Morgan fingerprint density at radius 3 is 2.17 bits per heavy atom. The molecule has 0 amide bonds. The standard InChI is InChI=1S/C25H34FN.C2H3N/c1-3-27(19-22-7-5-4-6-8-22)20(2)9-10-21-11-13-23(14-12-21)24-15-17-25(26)18-16-24;1-2-3/h4-8,11-14,20,24-25H,3,9-10,15-19H2,1-2H3;1H3. The lowest BCUT2D eigenvalue weighted by atomic mass is 9.83. The summed E-state index contributed by atoms with van der Waals surface area (Å²) >= 11 is 0. The van der Waals surface area contributed by atoms with Crippen LogP contribution >= 0.6 is 0 Å². The average Bonchev–Trinajstić information content (AvgIpc) is 2.78. The molecule has 2 aromatic rings. The highest BCUT2D eigenvalue weighted by Crippen LogP contribution is 2.34.